The molecule has 1 amide bonds. The number of nitrogens with zero attached hydrogens (tertiary/aromatic N) is 2. The monoisotopic (exact) mass is 334 g/mol. The number of aryl methyl sites for hydroxylation is 2. The summed E-state index contributed by atoms with van der Waals surface area (Å²) in [6.07, 6.45) is 6.06. The van der Waals surface area contributed by atoms with Crippen LogP contribution in [0.15, 0.2) is 16.2 Å². The minimum Gasteiger partial charge on any atom is -0.396 e. The average Bonchev–Trinajstić information content (AvgIpc) is 2.89. The fourth-order valence-electron chi connectivity index (χ4n) is 3.45. The Morgan fingerprint density at radius 2 is 2.17 bits per heavy atom. The van der Waals surface area contributed by atoms with Crippen LogP contribution in [0.4, 0.5) is 0 Å². The first-order chi connectivity index (χ1) is 11.4. The summed E-state index contributed by atoms with van der Waals surface area (Å²) < 4.78 is 5.16. The molecule has 0 aliphatic carbocycles. The van der Waals surface area contributed by atoms with Crippen molar-refractivity contribution in [1.29, 1.82) is 0 Å². The van der Waals surface area contributed by atoms with Crippen molar-refractivity contribution in [2.24, 2.45) is 5.41 Å². The lowest BCUT2D eigenvalue weighted by atomic mass is 9.77. The number of carbonyl (C=O) groups excluding carboxylic acids is 1. The number of aromatic nitrogens is 1. The van der Waals surface area contributed by atoms with Gasteiger partial charge in [-0.3, -0.25) is 4.79 Å². The van der Waals surface area contributed by atoms with Crippen molar-refractivity contribution in [3.05, 3.63) is 28.7 Å². The normalized spacial score (nSPS) is 21.0. The van der Waals surface area contributed by atoms with Gasteiger partial charge in [0.25, 0.3) is 0 Å². The van der Waals surface area contributed by atoms with Crippen molar-refractivity contribution >= 4 is 5.91 Å². The molecule has 1 aromatic heterocycles. The highest BCUT2D eigenvalue weighted by atomic mass is 16.5. The number of amides is 1. The second-order valence-electron chi connectivity index (χ2n) is 7.37. The van der Waals surface area contributed by atoms with E-state index in [4.69, 9.17) is 4.52 Å². The molecule has 5 heteroatoms. The van der Waals surface area contributed by atoms with Gasteiger partial charge in [0.1, 0.15) is 5.76 Å². The van der Waals surface area contributed by atoms with Crippen LogP contribution in [0.2, 0.25) is 0 Å². The van der Waals surface area contributed by atoms with E-state index in [1.54, 1.807) is 0 Å². The van der Waals surface area contributed by atoms with E-state index in [0.717, 1.165) is 42.8 Å². The van der Waals surface area contributed by atoms with Crippen molar-refractivity contribution < 1.29 is 14.4 Å². The molecule has 1 aliphatic rings. The predicted molar refractivity (Wildman–Crippen MR) is 93.7 cm³/mol. The molecule has 2 rings (SSSR count). The number of likely N-dealkylation sites (tertiary alicyclic amines) is 1. The Kier molecular flexibility index (Phi) is 6.21. The quantitative estimate of drug-likeness (QED) is 0.811. The van der Waals surface area contributed by atoms with E-state index in [1.807, 2.05) is 18.7 Å². The molecule has 1 saturated heterocycles. The Hall–Kier alpha value is -1.62. The molecule has 0 bridgehead atoms. The molecule has 0 spiro atoms. The van der Waals surface area contributed by atoms with E-state index in [-0.39, 0.29) is 17.9 Å². The van der Waals surface area contributed by atoms with Crippen molar-refractivity contribution in [1.82, 2.24) is 10.1 Å². The third-order valence-electron chi connectivity index (χ3n) is 5.06. The Labute approximate surface area is 144 Å². The Morgan fingerprint density at radius 1 is 1.42 bits per heavy atom. The molecule has 0 aromatic carbocycles. The van der Waals surface area contributed by atoms with E-state index in [9.17, 15) is 9.90 Å². The molecule has 1 fully saturated rings. The maximum atomic E-state index is 12.6. The molecule has 2 heterocycles. The molecular formula is C19H30N2O3. The topological polar surface area (TPSA) is 66.6 Å². The van der Waals surface area contributed by atoms with Crippen molar-refractivity contribution in [3.8, 4) is 0 Å². The average molecular weight is 334 g/mol. The number of hydrogen-bond donors (Lipinski definition) is 1. The molecule has 1 atom stereocenters. The molecule has 0 radical (unpaired) electrons. The first kappa shape index (κ1) is 18.7. The van der Waals surface area contributed by atoms with Gasteiger partial charge in [-0.2, -0.15) is 0 Å². The van der Waals surface area contributed by atoms with E-state index in [1.165, 1.54) is 5.57 Å². The van der Waals surface area contributed by atoms with E-state index in [0.29, 0.717) is 19.4 Å². The predicted octanol–water partition coefficient (Wildman–Crippen LogP) is 3.18. The van der Waals surface area contributed by atoms with Gasteiger partial charge in [-0.05, 0) is 53.4 Å². The van der Waals surface area contributed by atoms with Gasteiger partial charge in [0.15, 0.2) is 0 Å². The zero-order valence-corrected chi connectivity index (χ0v) is 15.4. The molecule has 24 heavy (non-hydrogen) atoms. The highest BCUT2D eigenvalue weighted by molar-refractivity contribution is 5.76. The fourth-order valence-corrected chi connectivity index (χ4v) is 3.45. The van der Waals surface area contributed by atoms with Crippen molar-refractivity contribution in [2.45, 2.75) is 59.8 Å². The first-order valence-corrected chi connectivity index (χ1v) is 8.80. The summed E-state index contributed by atoms with van der Waals surface area (Å²) in [5.41, 5.74) is 2.98. The largest absolute Gasteiger partial charge is 0.396 e. The number of carbonyl (C=O) groups is 1. The van der Waals surface area contributed by atoms with Gasteiger partial charge in [0.05, 0.1) is 12.3 Å². The number of aliphatic hydroxyl groups is 1. The van der Waals surface area contributed by atoms with E-state index in [2.05, 4.69) is 25.1 Å². The summed E-state index contributed by atoms with van der Waals surface area (Å²) in [5, 5.41) is 13.9. The number of rotatable bonds is 6. The maximum absolute atomic E-state index is 12.6. The first-order valence-electron chi connectivity index (χ1n) is 8.80. The summed E-state index contributed by atoms with van der Waals surface area (Å²) in [4.78, 5) is 14.6. The number of piperidine rings is 1. The maximum Gasteiger partial charge on any atom is 0.222 e. The SMILES string of the molecule is CC(C)=CC[C@@]1(CO)CCCN(C(=O)CCc2c(C)noc2C)C1. The highest BCUT2D eigenvalue weighted by Crippen LogP contribution is 2.34. The summed E-state index contributed by atoms with van der Waals surface area (Å²) in [7, 11) is 0. The smallest absolute Gasteiger partial charge is 0.222 e. The van der Waals surface area contributed by atoms with E-state index < -0.39 is 0 Å². The Bertz CT molecular complexity index is 582. The standard InChI is InChI=1S/C19H30N2O3/c1-14(2)8-10-19(13-22)9-5-11-21(12-19)18(23)7-6-17-15(3)20-24-16(17)4/h8,22H,5-7,9-13H2,1-4H3/t19-/m0/s1. The minimum atomic E-state index is -0.186. The fraction of sp³-hybridized carbons (Fsp3) is 0.684. The van der Waals surface area contributed by atoms with Crippen LogP contribution in [0.3, 0.4) is 0 Å². The van der Waals surface area contributed by atoms with Crippen LogP contribution in [0.25, 0.3) is 0 Å². The summed E-state index contributed by atoms with van der Waals surface area (Å²) in [6, 6.07) is 0. The molecule has 5 nitrogen and oxygen atoms in total. The van der Waals surface area contributed by atoms with Gasteiger partial charge in [-0.1, -0.05) is 16.8 Å². The van der Waals surface area contributed by atoms with Crippen molar-refractivity contribution in [3.63, 3.8) is 0 Å². The lowest BCUT2D eigenvalue weighted by Crippen LogP contribution is -2.47. The Balaban J connectivity index is 1.97. The van der Waals surface area contributed by atoms with Crippen LogP contribution in [0, 0.1) is 19.3 Å². The molecule has 0 saturated carbocycles. The zero-order valence-electron chi connectivity index (χ0n) is 15.4. The zero-order chi connectivity index (χ0) is 17.7. The van der Waals surface area contributed by atoms with Crippen LogP contribution in [-0.4, -0.2) is 40.8 Å². The minimum absolute atomic E-state index is 0.129. The molecular weight excluding hydrogens is 304 g/mol. The van der Waals surface area contributed by atoms with Gasteiger partial charge in [-0.15, -0.1) is 0 Å². The number of allylic oxidation sites excluding steroid dienone is 2. The van der Waals surface area contributed by atoms with E-state index >= 15 is 0 Å². The van der Waals surface area contributed by atoms with Crippen LogP contribution in [-0.2, 0) is 11.2 Å². The number of aliphatic hydroxyl groups excluding tert-OH is 1. The number of hydrogen-bond acceptors (Lipinski definition) is 4. The summed E-state index contributed by atoms with van der Waals surface area (Å²) in [6.45, 7) is 9.50. The third kappa shape index (κ3) is 4.47. The van der Waals surface area contributed by atoms with Crippen LogP contribution in [0.1, 0.15) is 56.5 Å². The van der Waals surface area contributed by atoms with Crippen LogP contribution >= 0.6 is 0 Å². The second kappa shape index (κ2) is 7.97. The summed E-state index contributed by atoms with van der Waals surface area (Å²) in [5.74, 6) is 0.955. The van der Waals surface area contributed by atoms with Gasteiger partial charge < -0.3 is 14.5 Å². The molecule has 0 unspecified atom stereocenters. The van der Waals surface area contributed by atoms with Gasteiger partial charge in [0, 0.05) is 30.5 Å². The Morgan fingerprint density at radius 3 is 2.75 bits per heavy atom. The molecule has 1 aliphatic heterocycles. The van der Waals surface area contributed by atoms with Crippen molar-refractivity contribution in [2.75, 3.05) is 19.7 Å². The van der Waals surface area contributed by atoms with Gasteiger partial charge in [0.2, 0.25) is 5.91 Å². The van der Waals surface area contributed by atoms with Gasteiger partial charge >= 0.3 is 0 Å². The summed E-state index contributed by atoms with van der Waals surface area (Å²) >= 11 is 0. The molecule has 134 valence electrons. The van der Waals surface area contributed by atoms with Gasteiger partial charge in [-0.25, -0.2) is 0 Å². The van der Waals surface area contributed by atoms with Crippen LogP contribution < -0.4 is 0 Å². The second-order valence-corrected chi connectivity index (χ2v) is 7.37. The molecule has 1 N–H and O–H groups in total. The highest BCUT2D eigenvalue weighted by Gasteiger charge is 2.35. The molecule has 1 aromatic rings. The lowest BCUT2D eigenvalue weighted by molar-refractivity contribution is -0.135. The lowest BCUT2D eigenvalue weighted by Gasteiger charge is -2.41. The third-order valence-corrected chi connectivity index (χ3v) is 5.06. The van der Waals surface area contributed by atoms with Crippen LogP contribution in [0.5, 0.6) is 0 Å².